The first kappa shape index (κ1) is 18.3. The summed E-state index contributed by atoms with van der Waals surface area (Å²) in [6, 6.07) is 12.7. The normalized spacial score (nSPS) is 12.1. The van der Waals surface area contributed by atoms with Crippen LogP contribution in [-0.2, 0) is 16.1 Å². The highest BCUT2D eigenvalue weighted by Crippen LogP contribution is 2.23. The van der Waals surface area contributed by atoms with Crippen LogP contribution in [0.5, 0.6) is 0 Å². The van der Waals surface area contributed by atoms with Crippen molar-refractivity contribution in [3.8, 4) is 0 Å². The third-order valence-electron chi connectivity index (χ3n) is 4.19. The Morgan fingerprint density at radius 1 is 1.23 bits per heavy atom. The number of aryl methyl sites for hydroxylation is 1. The Balaban J connectivity index is 1.76. The van der Waals surface area contributed by atoms with Crippen LogP contribution in [0.2, 0.25) is 0 Å². The lowest BCUT2D eigenvalue weighted by Crippen LogP contribution is -2.19. The molecule has 0 saturated carbocycles. The number of carbonyl (C=O) groups is 1. The summed E-state index contributed by atoms with van der Waals surface area (Å²) in [7, 11) is 0. The van der Waals surface area contributed by atoms with E-state index in [9.17, 15) is 9.59 Å². The number of hydrogen-bond donors (Lipinski definition) is 0. The fourth-order valence-corrected chi connectivity index (χ4v) is 3.08. The minimum atomic E-state index is -0.340. The molecule has 0 bridgehead atoms. The Labute approximate surface area is 159 Å². The Morgan fingerprint density at radius 2 is 1.96 bits per heavy atom. The number of fused-ring (bicyclic) bond motifs is 1. The third kappa shape index (κ3) is 4.02. The van der Waals surface area contributed by atoms with E-state index in [1.54, 1.807) is 12.3 Å². The van der Waals surface area contributed by atoms with Gasteiger partial charge in [-0.2, -0.15) is 0 Å². The molecule has 0 N–H and O–H groups in total. The molecule has 0 amide bonds. The van der Waals surface area contributed by atoms with E-state index in [1.807, 2.05) is 44.2 Å². The van der Waals surface area contributed by atoms with E-state index in [2.05, 4.69) is 20.9 Å². The molecule has 0 aliphatic heterocycles. The van der Waals surface area contributed by atoms with E-state index in [1.165, 1.54) is 10.5 Å². The number of carbonyl (C=O) groups excluding carboxylic acids is 1. The highest BCUT2D eigenvalue weighted by atomic mass is 79.9. The molecule has 3 rings (SSSR count). The van der Waals surface area contributed by atoms with Gasteiger partial charge >= 0.3 is 5.97 Å². The molecular weight excluding hydrogens is 396 g/mol. The summed E-state index contributed by atoms with van der Waals surface area (Å²) in [5, 5.41) is 0. The minimum Gasteiger partial charge on any atom is -0.459 e. The van der Waals surface area contributed by atoms with Crippen LogP contribution in [0, 0.1) is 6.92 Å². The molecule has 1 atom stereocenters. The number of aromatic nitrogens is 2. The first-order valence-corrected chi connectivity index (χ1v) is 9.18. The monoisotopic (exact) mass is 414 g/mol. The maximum Gasteiger partial charge on any atom is 0.313 e. The van der Waals surface area contributed by atoms with Crippen LogP contribution in [0.4, 0.5) is 0 Å². The van der Waals surface area contributed by atoms with E-state index in [0.717, 1.165) is 15.6 Å². The van der Waals surface area contributed by atoms with Gasteiger partial charge in [0.15, 0.2) is 0 Å². The fourth-order valence-electron chi connectivity index (χ4n) is 2.81. The molecule has 0 aliphatic rings. The van der Waals surface area contributed by atoms with Crippen LogP contribution >= 0.6 is 15.9 Å². The fraction of sp³-hybridized carbons (Fsp3) is 0.250. The van der Waals surface area contributed by atoms with Crippen LogP contribution < -0.4 is 5.56 Å². The van der Waals surface area contributed by atoms with Gasteiger partial charge in [0.25, 0.3) is 5.56 Å². The van der Waals surface area contributed by atoms with Gasteiger partial charge in [-0.05, 0) is 42.7 Å². The average molecular weight is 415 g/mol. The molecule has 26 heavy (non-hydrogen) atoms. The highest BCUT2D eigenvalue weighted by molar-refractivity contribution is 9.10. The molecule has 0 saturated heterocycles. The van der Waals surface area contributed by atoms with Crippen molar-refractivity contribution < 1.29 is 9.53 Å². The van der Waals surface area contributed by atoms with Crippen molar-refractivity contribution in [1.82, 2.24) is 9.38 Å². The van der Waals surface area contributed by atoms with Gasteiger partial charge in [-0.25, -0.2) is 4.98 Å². The summed E-state index contributed by atoms with van der Waals surface area (Å²) in [4.78, 5) is 29.1. The number of rotatable bonds is 5. The Kier molecular flexibility index (Phi) is 5.52. The lowest BCUT2D eigenvalue weighted by molar-refractivity contribution is -0.147. The number of hydrogen-bond acceptors (Lipinski definition) is 4. The molecule has 2 aromatic heterocycles. The Morgan fingerprint density at radius 3 is 2.65 bits per heavy atom. The second-order valence-corrected chi connectivity index (χ2v) is 7.06. The van der Waals surface area contributed by atoms with Crippen LogP contribution in [0.1, 0.15) is 36.1 Å². The predicted octanol–water partition coefficient (Wildman–Crippen LogP) is 4.00. The van der Waals surface area contributed by atoms with Crippen molar-refractivity contribution in [2.75, 3.05) is 0 Å². The van der Waals surface area contributed by atoms with Crippen LogP contribution in [-0.4, -0.2) is 15.4 Å². The highest BCUT2D eigenvalue weighted by Gasteiger charge is 2.20. The Hall–Kier alpha value is -2.47. The summed E-state index contributed by atoms with van der Waals surface area (Å²) >= 11 is 3.39. The van der Waals surface area contributed by atoms with Gasteiger partial charge in [-0.1, -0.05) is 41.1 Å². The number of esters is 1. The van der Waals surface area contributed by atoms with Gasteiger partial charge in [-0.15, -0.1) is 0 Å². The molecule has 2 heterocycles. The summed E-state index contributed by atoms with van der Waals surface area (Å²) in [5.74, 6) is -0.659. The molecule has 5 nitrogen and oxygen atoms in total. The van der Waals surface area contributed by atoms with Crippen molar-refractivity contribution >= 4 is 27.5 Å². The standard InChI is InChI=1S/C20H19BrN2O3/c1-3-17(14-5-7-15(21)8-6-14)20(25)26-12-16-10-19(24)23-11-13(2)4-9-18(23)22-16/h4-11,17H,3,12H2,1-2H3. The second-order valence-electron chi connectivity index (χ2n) is 6.14. The quantitative estimate of drug-likeness (QED) is 0.591. The summed E-state index contributed by atoms with van der Waals surface area (Å²) in [5.41, 5.74) is 2.67. The lowest BCUT2D eigenvalue weighted by atomic mass is 9.97. The van der Waals surface area contributed by atoms with Gasteiger partial charge in [0.1, 0.15) is 12.3 Å². The van der Waals surface area contributed by atoms with Crippen molar-refractivity contribution in [2.45, 2.75) is 32.8 Å². The van der Waals surface area contributed by atoms with Gasteiger partial charge in [-0.3, -0.25) is 14.0 Å². The first-order valence-electron chi connectivity index (χ1n) is 8.39. The van der Waals surface area contributed by atoms with Gasteiger partial charge in [0, 0.05) is 16.7 Å². The lowest BCUT2D eigenvalue weighted by Gasteiger charge is -2.14. The SMILES string of the molecule is CCC(C(=O)OCc1cc(=O)n2cc(C)ccc2n1)c1ccc(Br)cc1. The van der Waals surface area contributed by atoms with Crippen molar-refractivity contribution in [1.29, 1.82) is 0 Å². The Bertz CT molecular complexity index is 996. The van der Waals surface area contributed by atoms with Crippen molar-refractivity contribution in [3.63, 3.8) is 0 Å². The van der Waals surface area contributed by atoms with Gasteiger partial charge < -0.3 is 4.74 Å². The van der Waals surface area contributed by atoms with E-state index >= 15 is 0 Å². The zero-order chi connectivity index (χ0) is 18.7. The smallest absolute Gasteiger partial charge is 0.313 e. The number of ether oxygens (including phenoxy) is 1. The van der Waals surface area contributed by atoms with E-state index in [-0.39, 0.29) is 24.1 Å². The maximum absolute atomic E-state index is 12.5. The molecular formula is C20H19BrN2O3. The number of nitrogens with zero attached hydrogens (tertiary/aromatic N) is 2. The molecule has 0 radical (unpaired) electrons. The minimum absolute atomic E-state index is 0.0223. The molecule has 1 aromatic carbocycles. The zero-order valence-corrected chi connectivity index (χ0v) is 16.2. The molecule has 134 valence electrons. The predicted molar refractivity (Wildman–Crippen MR) is 103 cm³/mol. The molecule has 0 spiro atoms. The first-order chi connectivity index (χ1) is 12.5. The maximum atomic E-state index is 12.5. The molecule has 0 aliphatic carbocycles. The third-order valence-corrected chi connectivity index (χ3v) is 4.72. The van der Waals surface area contributed by atoms with Gasteiger partial charge in [0.2, 0.25) is 0 Å². The molecule has 3 aromatic rings. The van der Waals surface area contributed by atoms with Crippen LogP contribution in [0.25, 0.3) is 5.65 Å². The van der Waals surface area contributed by atoms with E-state index < -0.39 is 0 Å². The second kappa shape index (κ2) is 7.83. The number of halogens is 1. The topological polar surface area (TPSA) is 60.7 Å². The molecule has 6 heteroatoms. The van der Waals surface area contributed by atoms with Gasteiger partial charge in [0.05, 0.1) is 11.6 Å². The summed E-state index contributed by atoms with van der Waals surface area (Å²) in [6.45, 7) is 3.83. The number of pyridine rings is 1. The van der Waals surface area contributed by atoms with Crippen LogP contribution in [0.15, 0.2) is 57.9 Å². The summed E-state index contributed by atoms with van der Waals surface area (Å²) in [6.07, 6.45) is 2.37. The van der Waals surface area contributed by atoms with E-state index in [4.69, 9.17) is 4.74 Å². The van der Waals surface area contributed by atoms with Crippen molar-refractivity contribution in [3.05, 3.63) is 80.3 Å². The van der Waals surface area contributed by atoms with Crippen molar-refractivity contribution in [2.24, 2.45) is 0 Å². The number of benzene rings is 1. The van der Waals surface area contributed by atoms with E-state index in [0.29, 0.717) is 17.8 Å². The zero-order valence-electron chi connectivity index (χ0n) is 14.6. The average Bonchev–Trinajstić information content (AvgIpc) is 2.63. The summed E-state index contributed by atoms with van der Waals surface area (Å²) < 4.78 is 7.87. The van der Waals surface area contributed by atoms with Crippen LogP contribution in [0.3, 0.4) is 0 Å². The largest absolute Gasteiger partial charge is 0.459 e. The molecule has 1 unspecified atom stereocenters. The molecule has 0 fully saturated rings.